The molecule has 0 unspecified atom stereocenters. The lowest BCUT2D eigenvalue weighted by Gasteiger charge is -2.02. The molecule has 0 amide bonds. The van der Waals surface area contributed by atoms with Crippen LogP contribution in [0.4, 0.5) is 5.69 Å². The number of rotatable bonds is 1. The molecule has 0 fully saturated rings. The minimum atomic E-state index is -0.574. The average molecular weight is 240 g/mol. The maximum Gasteiger partial charge on any atom is 0.286 e. The smallest absolute Gasteiger partial charge is 0.269 e. The van der Waals surface area contributed by atoms with Crippen LogP contribution in [-0.4, -0.2) is 14.3 Å². The Kier molecular flexibility index (Phi) is 2.35. The fourth-order valence-electron chi connectivity index (χ4n) is 1.30. The molecule has 16 heavy (non-hydrogen) atoms. The quantitative estimate of drug-likeness (QED) is 0.430. The number of nitro groups is 1. The maximum atomic E-state index is 11.7. The fraction of sp³-hybridized carbons (Fsp3) is 0.111. The van der Waals surface area contributed by atoms with Gasteiger partial charge in [-0.25, -0.2) is 4.98 Å². The highest BCUT2D eigenvalue weighted by atomic mass is 35.5. The van der Waals surface area contributed by atoms with Crippen LogP contribution in [0, 0.1) is 17.0 Å². The van der Waals surface area contributed by atoms with Crippen molar-refractivity contribution in [1.82, 2.24) is 9.38 Å². The maximum absolute atomic E-state index is 11.7. The van der Waals surface area contributed by atoms with E-state index in [2.05, 4.69) is 4.98 Å². The van der Waals surface area contributed by atoms with E-state index in [1.54, 1.807) is 0 Å². The lowest BCUT2D eigenvalue weighted by atomic mass is 10.3. The molecule has 82 valence electrons. The summed E-state index contributed by atoms with van der Waals surface area (Å²) in [5, 5.41) is 10.7. The van der Waals surface area contributed by atoms with E-state index in [1.165, 1.54) is 19.1 Å². The van der Waals surface area contributed by atoms with Crippen molar-refractivity contribution in [2.45, 2.75) is 6.92 Å². The molecule has 0 spiro atoms. The number of pyridine rings is 1. The molecule has 0 N–H and O–H groups in total. The molecule has 6 nitrogen and oxygen atoms in total. The Hall–Kier alpha value is -1.95. The van der Waals surface area contributed by atoms with E-state index in [0.717, 1.165) is 10.6 Å². The van der Waals surface area contributed by atoms with E-state index in [9.17, 15) is 14.9 Å². The third-order valence-electron chi connectivity index (χ3n) is 2.18. The summed E-state index contributed by atoms with van der Waals surface area (Å²) in [6.07, 6.45) is 1.13. The number of nitrogens with zero attached hydrogens (tertiary/aromatic N) is 3. The molecule has 0 saturated heterocycles. The van der Waals surface area contributed by atoms with E-state index in [-0.39, 0.29) is 22.1 Å². The summed E-state index contributed by atoms with van der Waals surface area (Å²) in [6, 6.07) is 2.65. The summed E-state index contributed by atoms with van der Waals surface area (Å²) >= 11 is 5.74. The van der Waals surface area contributed by atoms with Crippen molar-refractivity contribution >= 4 is 22.9 Å². The molecule has 2 rings (SSSR count). The Labute approximate surface area is 94.3 Å². The Morgan fingerprint density at radius 1 is 1.50 bits per heavy atom. The van der Waals surface area contributed by atoms with E-state index in [1.807, 2.05) is 0 Å². The van der Waals surface area contributed by atoms with E-state index in [4.69, 9.17) is 11.6 Å². The van der Waals surface area contributed by atoms with Gasteiger partial charge in [-0.1, -0.05) is 11.6 Å². The Bertz CT molecular complexity index is 650. The van der Waals surface area contributed by atoms with Crippen LogP contribution in [0.1, 0.15) is 5.56 Å². The summed E-state index contributed by atoms with van der Waals surface area (Å²) in [7, 11) is 0. The molecular weight excluding hydrogens is 234 g/mol. The van der Waals surface area contributed by atoms with Gasteiger partial charge < -0.3 is 0 Å². The lowest BCUT2D eigenvalue weighted by Crippen LogP contribution is -2.18. The topological polar surface area (TPSA) is 77.5 Å². The van der Waals surface area contributed by atoms with Crippen LogP contribution in [-0.2, 0) is 0 Å². The highest BCUT2D eigenvalue weighted by Crippen LogP contribution is 2.13. The van der Waals surface area contributed by atoms with Crippen molar-refractivity contribution in [3.05, 3.63) is 49.5 Å². The predicted molar refractivity (Wildman–Crippen MR) is 57.9 cm³/mol. The summed E-state index contributed by atoms with van der Waals surface area (Å²) in [6.45, 7) is 1.52. The van der Waals surface area contributed by atoms with Crippen molar-refractivity contribution in [3.63, 3.8) is 0 Å². The minimum absolute atomic E-state index is 0.110. The normalized spacial score (nSPS) is 10.6. The van der Waals surface area contributed by atoms with Gasteiger partial charge in [-0.15, -0.1) is 0 Å². The van der Waals surface area contributed by atoms with Crippen LogP contribution in [0.2, 0.25) is 5.15 Å². The first-order chi connectivity index (χ1) is 7.50. The highest BCUT2D eigenvalue weighted by Gasteiger charge is 2.11. The molecular formula is C9H6ClN3O3. The van der Waals surface area contributed by atoms with Crippen LogP contribution < -0.4 is 5.56 Å². The first-order valence-corrected chi connectivity index (χ1v) is 4.71. The van der Waals surface area contributed by atoms with E-state index in [0.29, 0.717) is 0 Å². The van der Waals surface area contributed by atoms with Crippen LogP contribution in [0.15, 0.2) is 23.1 Å². The minimum Gasteiger partial charge on any atom is -0.269 e. The van der Waals surface area contributed by atoms with Gasteiger partial charge in [-0.2, -0.15) is 0 Å². The summed E-state index contributed by atoms with van der Waals surface area (Å²) in [5.41, 5.74) is -0.0253. The molecule has 7 heteroatoms. The van der Waals surface area contributed by atoms with Crippen LogP contribution >= 0.6 is 11.6 Å². The van der Waals surface area contributed by atoms with Crippen molar-refractivity contribution in [1.29, 1.82) is 0 Å². The third-order valence-corrected chi connectivity index (χ3v) is 2.55. The second kappa shape index (κ2) is 3.57. The Morgan fingerprint density at radius 3 is 2.81 bits per heavy atom. The number of halogens is 1. The van der Waals surface area contributed by atoms with Crippen LogP contribution in [0.5, 0.6) is 0 Å². The van der Waals surface area contributed by atoms with Gasteiger partial charge in [0.25, 0.3) is 11.2 Å². The van der Waals surface area contributed by atoms with Gasteiger partial charge >= 0.3 is 0 Å². The molecule has 0 aliphatic heterocycles. The molecule has 0 aliphatic carbocycles. The van der Waals surface area contributed by atoms with Crippen molar-refractivity contribution in [2.75, 3.05) is 0 Å². The van der Waals surface area contributed by atoms with Gasteiger partial charge in [0, 0.05) is 6.07 Å². The number of hydrogen-bond donors (Lipinski definition) is 0. The number of aromatic nitrogens is 2. The molecule has 0 aromatic carbocycles. The molecule has 2 aromatic heterocycles. The van der Waals surface area contributed by atoms with Crippen molar-refractivity contribution in [2.24, 2.45) is 0 Å². The van der Waals surface area contributed by atoms with Crippen molar-refractivity contribution < 1.29 is 4.92 Å². The molecule has 2 aromatic rings. The molecule has 2 heterocycles. The Balaban J connectivity index is 2.88. The van der Waals surface area contributed by atoms with E-state index < -0.39 is 10.5 Å². The molecule has 0 radical (unpaired) electrons. The summed E-state index contributed by atoms with van der Waals surface area (Å²) < 4.78 is 1.11. The average Bonchev–Trinajstić information content (AvgIpc) is 2.25. The predicted octanol–water partition coefficient (Wildman–Crippen LogP) is 1.56. The van der Waals surface area contributed by atoms with Gasteiger partial charge in [-0.3, -0.25) is 19.3 Å². The monoisotopic (exact) mass is 239 g/mol. The largest absolute Gasteiger partial charge is 0.286 e. The second-order valence-corrected chi connectivity index (χ2v) is 3.56. The van der Waals surface area contributed by atoms with Gasteiger partial charge in [0.05, 0.1) is 16.7 Å². The second-order valence-electron chi connectivity index (χ2n) is 3.21. The van der Waals surface area contributed by atoms with Gasteiger partial charge in [0.15, 0.2) is 0 Å². The van der Waals surface area contributed by atoms with Gasteiger partial charge in [0.1, 0.15) is 10.8 Å². The third kappa shape index (κ3) is 1.53. The van der Waals surface area contributed by atoms with Gasteiger partial charge in [-0.05, 0) is 13.0 Å². The molecule has 0 saturated carbocycles. The number of hydrogen-bond acceptors (Lipinski definition) is 4. The standard InChI is InChI=1S/C9H6ClN3O3/c1-5-8(10)11-7-3-2-6(13(15)16)4-12(7)9(5)14/h2-4H,1H3. The first kappa shape index (κ1) is 10.6. The SMILES string of the molecule is Cc1c(Cl)nc2ccc([N+](=O)[O-])cn2c1=O. The highest BCUT2D eigenvalue weighted by molar-refractivity contribution is 6.30. The van der Waals surface area contributed by atoms with Gasteiger partial charge in [0.2, 0.25) is 0 Å². The van der Waals surface area contributed by atoms with Crippen molar-refractivity contribution in [3.8, 4) is 0 Å². The molecule has 0 atom stereocenters. The Morgan fingerprint density at radius 2 is 2.19 bits per heavy atom. The lowest BCUT2D eigenvalue weighted by molar-refractivity contribution is -0.385. The zero-order chi connectivity index (χ0) is 11.9. The zero-order valence-electron chi connectivity index (χ0n) is 8.18. The number of fused-ring (bicyclic) bond motifs is 1. The van der Waals surface area contributed by atoms with Crippen LogP contribution in [0.25, 0.3) is 5.65 Å². The summed E-state index contributed by atoms with van der Waals surface area (Å²) in [5.74, 6) is 0. The fourth-order valence-corrected chi connectivity index (χ4v) is 1.46. The first-order valence-electron chi connectivity index (χ1n) is 4.33. The molecule has 0 bridgehead atoms. The molecule has 0 aliphatic rings. The zero-order valence-corrected chi connectivity index (χ0v) is 8.93. The van der Waals surface area contributed by atoms with E-state index >= 15 is 0 Å². The van der Waals surface area contributed by atoms with Crippen LogP contribution in [0.3, 0.4) is 0 Å². The summed E-state index contributed by atoms with van der Waals surface area (Å²) in [4.78, 5) is 25.7.